The summed E-state index contributed by atoms with van der Waals surface area (Å²) in [6.07, 6.45) is 2.00. The minimum absolute atomic E-state index is 0.225. The van der Waals surface area contributed by atoms with Gasteiger partial charge in [-0.25, -0.2) is 0 Å². The predicted octanol–water partition coefficient (Wildman–Crippen LogP) is 1.33. The molecule has 0 radical (unpaired) electrons. The number of rotatable bonds is 7. The topological polar surface area (TPSA) is 61.8 Å². The van der Waals surface area contributed by atoms with Crippen LogP contribution >= 0.6 is 0 Å². The van der Waals surface area contributed by atoms with Crippen LogP contribution in [0.25, 0.3) is 0 Å². The van der Waals surface area contributed by atoms with Gasteiger partial charge >= 0.3 is 5.97 Å². The van der Waals surface area contributed by atoms with Crippen molar-refractivity contribution in [2.75, 3.05) is 26.2 Å². The summed E-state index contributed by atoms with van der Waals surface area (Å²) in [7, 11) is 0. The lowest BCUT2D eigenvalue weighted by Crippen LogP contribution is -2.53. The molecule has 5 nitrogen and oxygen atoms in total. The third-order valence-electron chi connectivity index (χ3n) is 3.66. The molecule has 1 rings (SSSR count). The van der Waals surface area contributed by atoms with Gasteiger partial charge in [0.25, 0.3) is 0 Å². The smallest absolute Gasteiger partial charge is 0.323 e. The molecule has 0 amide bonds. The van der Waals surface area contributed by atoms with Gasteiger partial charge in [0.15, 0.2) is 0 Å². The van der Waals surface area contributed by atoms with Crippen LogP contribution in [0.4, 0.5) is 0 Å². The monoisotopic (exact) mass is 272 g/mol. The van der Waals surface area contributed by atoms with Gasteiger partial charge in [-0.05, 0) is 40.2 Å². The second kappa shape index (κ2) is 7.22. The van der Waals surface area contributed by atoms with Crippen molar-refractivity contribution in [1.82, 2.24) is 10.2 Å². The van der Waals surface area contributed by atoms with Gasteiger partial charge in [-0.15, -0.1) is 0 Å². The molecule has 0 aliphatic carbocycles. The highest BCUT2D eigenvalue weighted by molar-refractivity contribution is 5.78. The summed E-state index contributed by atoms with van der Waals surface area (Å²) in [5.41, 5.74) is -0.833. The molecule has 1 unspecified atom stereocenters. The molecular weight excluding hydrogens is 244 g/mol. The van der Waals surface area contributed by atoms with E-state index in [1.807, 2.05) is 6.92 Å². The molecule has 5 heteroatoms. The predicted molar refractivity (Wildman–Crippen MR) is 75.4 cm³/mol. The van der Waals surface area contributed by atoms with Gasteiger partial charge in [0.1, 0.15) is 5.54 Å². The van der Waals surface area contributed by atoms with E-state index in [2.05, 4.69) is 24.1 Å². The maximum Gasteiger partial charge on any atom is 0.323 e. The molecular formula is C14H28N2O3. The first-order valence-corrected chi connectivity index (χ1v) is 7.23. The summed E-state index contributed by atoms with van der Waals surface area (Å²) in [6.45, 7) is 11.2. The number of morpholine rings is 1. The number of ether oxygens (including phenoxy) is 1. The Kier molecular flexibility index (Phi) is 6.23. The maximum absolute atomic E-state index is 11.4. The zero-order chi connectivity index (χ0) is 14.5. The molecule has 0 aromatic carbocycles. The van der Waals surface area contributed by atoms with E-state index in [0.29, 0.717) is 6.42 Å². The van der Waals surface area contributed by atoms with E-state index in [9.17, 15) is 9.90 Å². The number of carboxylic acid groups (broad SMARTS) is 1. The molecule has 112 valence electrons. The lowest BCUT2D eigenvalue weighted by atomic mass is 9.97. The van der Waals surface area contributed by atoms with Crippen LogP contribution in [0, 0.1) is 0 Å². The van der Waals surface area contributed by atoms with Crippen LogP contribution in [0.3, 0.4) is 0 Å². The fraction of sp³-hybridized carbons (Fsp3) is 0.929. The van der Waals surface area contributed by atoms with Crippen molar-refractivity contribution in [2.24, 2.45) is 0 Å². The number of hydrogen-bond acceptors (Lipinski definition) is 4. The normalized spacial score (nSPS) is 28.0. The van der Waals surface area contributed by atoms with Crippen molar-refractivity contribution >= 4 is 5.97 Å². The van der Waals surface area contributed by atoms with Crippen molar-refractivity contribution in [3.8, 4) is 0 Å². The number of aliphatic carboxylic acids is 1. The van der Waals surface area contributed by atoms with E-state index >= 15 is 0 Å². The van der Waals surface area contributed by atoms with Crippen LogP contribution in [0.1, 0.15) is 40.5 Å². The van der Waals surface area contributed by atoms with Gasteiger partial charge in [-0.2, -0.15) is 0 Å². The fourth-order valence-corrected chi connectivity index (χ4v) is 2.52. The highest BCUT2D eigenvalue weighted by Crippen LogP contribution is 2.15. The van der Waals surface area contributed by atoms with E-state index in [1.165, 1.54) is 0 Å². The summed E-state index contributed by atoms with van der Waals surface area (Å²) in [4.78, 5) is 13.7. The average Bonchev–Trinajstić information content (AvgIpc) is 2.32. The summed E-state index contributed by atoms with van der Waals surface area (Å²) in [5, 5.41) is 12.5. The Morgan fingerprint density at radius 3 is 2.47 bits per heavy atom. The molecule has 1 aliphatic heterocycles. The maximum atomic E-state index is 11.4. The zero-order valence-electron chi connectivity index (χ0n) is 12.6. The Hall–Kier alpha value is -0.650. The minimum Gasteiger partial charge on any atom is -0.480 e. The standard InChI is InChI=1S/C14H28N2O3/c1-5-7-15-14(4,13(17)18)6-8-16-9-11(2)19-12(3)10-16/h11-12,15H,5-10H2,1-4H3,(H,17,18)/t11-,12+,14?. The first-order chi connectivity index (χ1) is 8.87. The summed E-state index contributed by atoms with van der Waals surface area (Å²) >= 11 is 0. The SMILES string of the molecule is CCCNC(C)(CCN1C[C@@H](C)O[C@@H](C)C1)C(=O)O. The third-order valence-corrected chi connectivity index (χ3v) is 3.66. The summed E-state index contributed by atoms with van der Waals surface area (Å²) in [6, 6.07) is 0. The highest BCUT2D eigenvalue weighted by atomic mass is 16.5. The molecule has 1 heterocycles. The van der Waals surface area contributed by atoms with Crippen LogP contribution in [0.15, 0.2) is 0 Å². The Labute approximate surface area is 116 Å². The first kappa shape index (κ1) is 16.4. The zero-order valence-corrected chi connectivity index (χ0v) is 12.6. The Morgan fingerprint density at radius 2 is 2.00 bits per heavy atom. The number of hydrogen-bond donors (Lipinski definition) is 2. The van der Waals surface area contributed by atoms with E-state index in [1.54, 1.807) is 6.92 Å². The summed E-state index contributed by atoms with van der Waals surface area (Å²) in [5.74, 6) is -0.768. The van der Waals surface area contributed by atoms with E-state index in [0.717, 1.165) is 32.6 Å². The van der Waals surface area contributed by atoms with E-state index in [4.69, 9.17) is 4.74 Å². The van der Waals surface area contributed by atoms with Crippen LogP contribution in [-0.2, 0) is 9.53 Å². The molecule has 0 spiro atoms. The van der Waals surface area contributed by atoms with Crippen molar-refractivity contribution in [3.05, 3.63) is 0 Å². The van der Waals surface area contributed by atoms with Crippen molar-refractivity contribution in [2.45, 2.75) is 58.3 Å². The van der Waals surface area contributed by atoms with Crippen LogP contribution in [0.5, 0.6) is 0 Å². The molecule has 3 atom stereocenters. The van der Waals surface area contributed by atoms with Gasteiger partial charge in [-0.1, -0.05) is 6.92 Å². The van der Waals surface area contributed by atoms with Crippen LogP contribution in [0.2, 0.25) is 0 Å². The second-order valence-electron chi connectivity index (χ2n) is 5.83. The van der Waals surface area contributed by atoms with Gasteiger partial charge in [-0.3, -0.25) is 9.69 Å². The van der Waals surface area contributed by atoms with Gasteiger partial charge in [0.05, 0.1) is 12.2 Å². The molecule has 2 N–H and O–H groups in total. The third kappa shape index (κ3) is 5.09. The molecule has 0 saturated carbocycles. The number of nitrogens with one attached hydrogen (secondary N) is 1. The fourth-order valence-electron chi connectivity index (χ4n) is 2.52. The Morgan fingerprint density at radius 1 is 1.42 bits per heavy atom. The molecule has 0 aromatic heterocycles. The average molecular weight is 272 g/mol. The second-order valence-corrected chi connectivity index (χ2v) is 5.83. The minimum atomic E-state index is -0.833. The van der Waals surface area contributed by atoms with Crippen molar-refractivity contribution < 1.29 is 14.6 Å². The van der Waals surface area contributed by atoms with Crippen molar-refractivity contribution in [3.63, 3.8) is 0 Å². The van der Waals surface area contributed by atoms with Gasteiger partial charge < -0.3 is 15.2 Å². The lowest BCUT2D eigenvalue weighted by Gasteiger charge is -2.37. The molecule has 1 saturated heterocycles. The van der Waals surface area contributed by atoms with Crippen molar-refractivity contribution in [1.29, 1.82) is 0 Å². The number of carbonyl (C=O) groups is 1. The quantitative estimate of drug-likeness (QED) is 0.732. The lowest BCUT2D eigenvalue weighted by molar-refractivity contribution is -0.144. The van der Waals surface area contributed by atoms with E-state index in [-0.39, 0.29) is 12.2 Å². The highest BCUT2D eigenvalue weighted by Gasteiger charge is 2.33. The van der Waals surface area contributed by atoms with Crippen LogP contribution < -0.4 is 5.32 Å². The van der Waals surface area contributed by atoms with Gasteiger partial charge in [0.2, 0.25) is 0 Å². The summed E-state index contributed by atoms with van der Waals surface area (Å²) < 4.78 is 5.69. The molecule has 0 aromatic rings. The van der Waals surface area contributed by atoms with Crippen LogP contribution in [-0.4, -0.2) is 59.9 Å². The molecule has 0 bridgehead atoms. The Bertz CT molecular complexity index is 288. The first-order valence-electron chi connectivity index (χ1n) is 7.23. The molecule has 1 fully saturated rings. The van der Waals surface area contributed by atoms with Gasteiger partial charge in [0, 0.05) is 19.6 Å². The Balaban J connectivity index is 2.49. The van der Waals surface area contributed by atoms with E-state index < -0.39 is 11.5 Å². The number of nitrogens with zero attached hydrogens (tertiary/aromatic N) is 1. The largest absolute Gasteiger partial charge is 0.480 e. The molecule has 1 aliphatic rings. The molecule has 19 heavy (non-hydrogen) atoms. The number of carboxylic acids is 1.